The Bertz CT molecular complexity index is 1840. The molecule has 5 rings (SSSR count). The van der Waals surface area contributed by atoms with E-state index in [9.17, 15) is 18.0 Å². The van der Waals surface area contributed by atoms with Crippen LogP contribution in [0.2, 0.25) is 0 Å². The van der Waals surface area contributed by atoms with E-state index < -0.39 is 27.4 Å². The van der Waals surface area contributed by atoms with Gasteiger partial charge in [0, 0.05) is 36.8 Å². The second-order valence-electron chi connectivity index (χ2n) is 11.4. The summed E-state index contributed by atoms with van der Waals surface area (Å²) in [5, 5.41) is 7.16. The molecule has 0 spiro atoms. The molecule has 0 aliphatic carbocycles. The average molecular weight is 623 g/mol. The van der Waals surface area contributed by atoms with Crippen LogP contribution in [0.1, 0.15) is 39.9 Å². The van der Waals surface area contributed by atoms with Crippen molar-refractivity contribution in [3.63, 3.8) is 0 Å². The summed E-state index contributed by atoms with van der Waals surface area (Å²) in [6, 6.07) is 29.2. The Morgan fingerprint density at radius 3 is 1.96 bits per heavy atom. The van der Waals surface area contributed by atoms with Crippen molar-refractivity contribution >= 4 is 33.6 Å². The second kappa shape index (κ2) is 13.1. The van der Waals surface area contributed by atoms with Crippen molar-refractivity contribution in [1.29, 1.82) is 0 Å². The highest BCUT2D eigenvalue weighted by Crippen LogP contribution is 2.29. The molecule has 1 aliphatic heterocycles. The number of aryl methyl sites for hydroxylation is 2. The number of piperidine rings is 1. The topological polar surface area (TPSA) is 122 Å². The molecule has 8 nitrogen and oxygen atoms in total. The average Bonchev–Trinajstić information content (AvgIpc) is 3.05. The third-order valence-electron chi connectivity index (χ3n) is 8.48. The van der Waals surface area contributed by atoms with E-state index in [1.165, 1.54) is 9.71 Å². The number of carbonyl (C=O) groups excluding carboxylic acids is 2. The molecule has 45 heavy (non-hydrogen) atoms. The molecule has 1 fully saturated rings. The number of rotatable bonds is 9. The Balaban J connectivity index is 1.29. The van der Waals surface area contributed by atoms with Gasteiger partial charge in [0.2, 0.25) is 15.9 Å². The number of nitrogens with one attached hydrogen (secondary N) is 2. The van der Waals surface area contributed by atoms with Crippen LogP contribution in [0, 0.1) is 13.8 Å². The maximum Gasteiger partial charge on any atom is 0.252 e. The predicted octanol–water partition coefficient (Wildman–Crippen LogP) is 5.73. The van der Waals surface area contributed by atoms with Gasteiger partial charge in [0.1, 0.15) is 5.54 Å². The summed E-state index contributed by atoms with van der Waals surface area (Å²) in [4.78, 5) is 26.2. The Morgan fingerprint density at radius 1 is 0.800 bits per heavy atom. The van der Waals surface area contributed by atoms with Gasteiger partial charge >= 0.3 is 0 Å². The fourth-order valence-corrected chi connectivity index (χ4v) is 6.99. The zero-order chi connectivity index (χ0) is 32.2. The van der Waals surface area contributed by atoms with E-state index in [1.807, 2.05) is 87.6 Å². The first kappa shape index (κ1) is 31.7. The Kier molecular flexibility index (Phi) is 9.22. The van der Waals surface area contributed by atoms with Gasteiger partial charge in [-0.25, -0.2) is 8.42 Å². The first-order valence-electron chi connectivity index (χ1n) is 14.9. The molecule has 4 N–H and O–H groups in total. The highest BCUT2D eigenvalue weighted by Gasteiger charge is 2.43. The standard InChI is InChI=1S/C36H38N4O4S/c1-25-21-32(38-3)22-26(2)33(25)15-20-45(43,44)40-18-16-36(17-19-40,35(37)42)39-34(41)31-14-8-13-30(24-31)29-12-7-11-28(23-29)27-9-5-4-6-10-27/h4-15,20-24,38H,16-19H2,1-3H3,(H2,37,42)(H,39,41). The van der Waals surface area contributed by atoms with Gasteiger partial charge in [-0.2, -0.15) is 4.31 Å². The second-order valence-corrected chi connectivity index (χ2v) is 13.3. The molecule has 9 heteroatoms. The first-order valence-corrected chi connectivity index (χ1v) is 16.4. The van der Waals surface area contributed by atoms with Crippen LogP contribution in [0.5, 0.6) is 0 Å². The lowest BCUT2D eigenvalue weighted by Crippen LogP contribution is -2.62. The number of benzene rings is 4. The fourth-order valence-electron chi connectivity index (χ4n) is 5.82. The molecule has 2 amide bonds. The Morgan fingerprint density at radius 2 is 1.36 bits per heavy atom. The SMILES string of the molecule is CNc1cc(C)c(C=CS(=O)(=O)N2CCC(NC(=O)c3cccc(-c4cccc(-c5ccccc5)c4)c3)(C(N)=O)CC2)c(C)c1. The van der Waals surface area contributed by atoms with Crippen molar-refractivity contribution < 1.29 is 18.0 Å². The molecule has 0 atom stereocenters. The summed E-state index contributed by atoms with van der Waals surface area (Å²) in [5.41, 5.74) is 12.5. The summed E-state index contributed by atoms with van der Waals surface area (Å²) in [6.45, 7) is 3.95. The number of primary amides is 1. The third kappa shape index (κ3) is 7.00. The van der Waals surface area contributed by atoms with Gasteiger partial charge in [0.15, 0.2) is 0 Å². The lowest BCUT2D eigenvalue weighted by atomic mass is 9.87. The highest BCUT2D eigenvalue weighted by molar-refractivity contribution is 7.92. The fraction of sp³-hybridized carbons (Fsp3) is 0.222. The van der Waals surface area contributed by atoms with Crippen LogP contribution in [0.3, 0.4) is 0 Å². The molecule has 1 saturated heterocycles. The number of anilines is 1. The predicted molar refractivity (Wildman–Crippen MR) is 181 cm³/mol. The summed E-state index contributed by atoms with van der Waals surface area (Å²) in [6.07, 6.45) is 1.74. The van der Waals surface area contributed by atoms with Gasteiger partial charge in [-0.3, -0.25) is 9.59 Å². The zero-order valence-corrected chi connectivity index (χ0v) is 26.5. The van der Waals surface area contributed by atoms with Crippen LogP contribution in [0.15, 0.2) is 96.4 Å². The molecular formula is C36H38N4O4S. The molecule has 0 aromatic heterocycles. The summed E-state index contributed by atoms with van der Waals surface area (Å²) in [7, 11) is -1.94. The molecular weight excluding hydrogens is 584 g/mol. The monoisotopic (exact) mass is 622 g/mol. The van der Waals surface area contributed by atoms with Gasteiger partial charge in [-0.1, -0.05) is 60.7 Å². The van der Waals surface area contributed by atoms with Crippen molar-refractivity contribution in [2.45, 2.75) is 32.2 Å². The minimum absolute atomic E-state index is 0.0405. The molecule has 1 heterocycles. The minimum Gasteiger partial charge on any atom is -0.388 e. The Hall–Kier alpha value is -4.73. The number of nitrogens with two attached hydrogens (primary N) is 1. The molecule has 4 aromatic rings. The van der Waals surface area contributed by atoms with Crippen molar-refractivity contribution in [1.82, 2.24) is 9.62 Å². The maximum atomic E-state index is 13.5. The van der Waals surface area contributed by atoms with Crippen LogP contribution < -0.4 is 16.4 Å². The van der Waals surface area contributed by atoms with E-state index in [2.05, 4.69) is 16.7 Å². The summed E-state index contributed by atoms with van der Waals surface area (Å²) in [5.74, 6) is -1.13. The van der Waals surface area contributed by atoms with Crippen LogP contribution in [-0.4, -0.2) is 50.2 Å². The zero-order valence-electron chi connectivity index (χ0n) is 25.7. The molecule has 0 saturated carbocycles. The van der Waals surface area contributed by atoms with Gasteiger partial charge in [-0.15, -0.1) is 0 Å². The van der Waals surface area contributed by atoms with Crippen LogP contribution in [-0.2, 0) is 14.8 Å². The van der Waals surface area contributed by atoms with Gasteiger partial charge < -0.3 is 16.4 Å². The smallest absolute Gasteiger partial charge is 0.252 e. The normalized spacial score (nSPS) is 15.1. The van der Waals surface area contributed by atoms with Crippen LogP contribution >= 0.6 is 0 Å². The van der Waals surface area contributed by atoms with E-state index >= 15 is 0 Å². The number of sulfonamides is 1. The molecule has 4 aromatic carbocycles. The Labute approximate surface area is 265 Å². The third-order valence-corrected chi connectivity index (χ3v) is 10.0. The molecule has 0 bridgehead atoms. The van der Waals surface area contributed by atoms with Crippen molar-refractivity contribution in [2.75, 3.05) is 25.5 Å². The number of hydrogen-bond acceptors (Lipinski definition) is 5. The lowest BCUT2D eigenvalue weighted by Gasteiger charge is -2.39. The van der Waals surface area contributed by atoms with Crippen LogP contribution in [0.25, 0.3) is 28.3 Å². The van der Waals surface area contributed by atoms with Crippen molar-refractivity contribution in [3.05, 3.63) is 119 Å². The minimum atomic E-state index is -3.77. The van der Waals surface area contributed by atoms with E-state index in [0.29, 0.717) is 5.56 Å². The molecule has 0 radical (unpaired) electrons. The van der Waals surface area contributed by atoms with E-state index in [0.717, 1.165) is 44.6 Å². The first-order chi connectivity index (χ1) is 21.5. The van der Waals surface area contributed by atoms with E-state index in [4.69, 9.17) is 5.73 Å². The molecule has 0 unspecified atom stereocenters. The number of hydrogen-bond donors (Lipinski definition) is 3. The molecule has 232 valence electrons. The van der Waals surface area contributed by atoms with Gasteiger partial charge in [0.05, 0.1) is 0 Å². The number of amides is 2. The van der Waals surface area contributed by atoms with Gasteiger partial charge in [-0.05, 0) is 102 Å². The summed E-state index contributed by atoms with van der Waals surface area (Å²) >= 11 is 0. The highest BCUT2D eigenvalue weighted by atomic mass is 32.2. The summed E-state index contributed by atoms with van der Waals surface area (Å²) < 4.78 is 27.8. The maximum absolute atomic E-state index is 13.5. The molecule has 1 aliphatic rings. The van der Waals surface area contributed by atoms with Gasteiger partial charge in [0.25, 0.3) is 5.91 Å². The number of nitrogens with zero attached hydrogens (tertiary/aromatic N) is 1. The number of carbonyl (C=O) groups is 2. The van der Waals surface area contributed by atoms with Crippen molar-refractivity contribution in [2.24, 2.45) is 5.73 Å². The van der Waals surface area contributed by atoms with Crippen molar-refractivity contribution in [3.8, 4) is 22.3 Å². The van der Waals surface area contributed by atoms with E-state index in [1.54, 1.807) is 24.3 Å². The van der Waals surface area contributed by atoms with Crippen LogP contribution in [0.4, 0.5) is 5.69 Å². The lowest BCUT2D eigenvalue weighted by molar-refractivity contribution is -0.125. The van der Waals surface area contributed by atoms with E-state index in [-0.39, 0.29) is 25.9 Å². The quantitative estimate of drug-likeness (QED) is 0.220. The largest absolute Gasteiger partial charge is 0.388 e.